The van der Waals surface area contributed by atoms with Gasteiger partial charge in [-0.2, -0.15) is 0 Å². The van der Waals surface area contributed by atoms with Crippen LogP contribution in [0.3, 0.4) is 0 Å². The predicted octanol–water partition coefficient (Wildman–Crippen LogP) is 7.38. The third kappa shape index (κ3) is 7.47. The summed E-state index contributed by atoms with van der Waals surface area (Å²) in [5, 5.41) is 5.93. The van der Waals surface area contributed by atoms with Crippen molar-refractivity contribution in [2.45, 2.75) is 31.1 Å². The summed E-state index contributed by atoms with van der Waals surface area (Å²) in [6.07, 6.45) is 0. The quantitative estimate of drug-likeness (QED) is 0.218. The molecule has 0 spiro atoms. The lowest BCUT2D eigenvalue weighted by atomic mass is 9.87. The molecule has 4 aromatic rings. The summed E-state index contributed by atoms with van der Waals surface area (Å²) in [6.45, 7) is 5.74. The van der Waals surface area contributed by atoms with Crippen LogP contribution in [-0.4, -0.2) is 26.8 Å². The first-order chi connectivity index (χ1) is 19.3. The molecule has 0 heterocycles. The van der Waals surface area contributed by atoms with Crippen LogP contribution in [0.25, 0.3) is 0 Å². The Morgan fingerprint density at radius 3 is 2.02 bits per heavy atom. The Balaban J connectivity index is 1.52. The Morgan fingerprint density at radius 1 is 0.780 bits per heavy atom. The minimum Gasteiger partial charge on any atom is -0.324 e. The minimum absolute atomic E-state index is 0.000871. The predicted molar refractivity (Wildman–Crippen MR) is 166 cm³/mol. The second-order valence-corrected chi connectivity index (χ2v) is 13.0. The molecule has 2 amide bonds. The van der Waals surface area contributed by atoms with Crippen LogP contribution < -0.4 is 14.9 Å². The number of benzene rings is 4. The molecule has 0 atom stereocenters. The molecule has 0 radical (unpaired) electrons. The Hall–Kier alpha value is -3.85. The van der Waals surface area contributed by atoms with Crippen molar-refractivity contribution in [3.05, 3.63) is 118 Å². The van der Waals surface area contributed by atoms with Gasteiger partial charge in [-0.15, -0.1) is 0 Å². The molecule has 0 saturated heterocycles. The van der Waals surface area contributed by atoms with E-state index in [1.165, 1.54) is 30.3 Å². The van der Waals surface area contributed by atoms with Crippen molar-refractivity contribution in [2.24, 2.45) is 0 Å². The molecule has 41 heavy (non-hydrogen) atoms. The van der Waals surface area contributed by atoms with Crippen LogP contribution in [0.4, 0.5) is 17.1 Å². The van der Waals surface area contributed by atoms with E-state index in [2.05, 4.69) is 31.4 Å². The largest absolute Gasteiger partial charge is 0.324 e. The monoisotopic (exact) mass is 609 g/mol. The van der Waals surface area contributed by atoms with Gasteiger partial charge >= 0.3 is 0 Å². The highest BCUT2D eigenvalue weighted by Gasteiger charge is 2.29. The molecule has 7 nitrogen and oxygen atoms in total. The Bertz CT molecular complexity index is 1670. The molecule has 4 aromatic carbocycles. The number of amides is 2. The highest BCUT2D eigenvalue weighted by molar-refractivity contribution is 7.92. The van der Waals surface area contributed by atoms with Crippen molar-refractivity contribution < 1.29 is 18.0 Å². The van der Waals surface area contributed by atoms with E-state index in [4.69, 9.17) is 23.2 Å². The third-order valence-corrected chi connectivity index (χ3v) is 8.53. The molecule has 0 fully saturated rings. The Labute approximate surface area is 250 Å². The standard InChI is InChI=1S/C31H29Cl2N3O4S/c1-31(2,3)22-14-12-21(13-15-22)30(38)35-25-9-7-8-24(19-25)34-29(37)20-36(28-17-16-23(32)18-27(28)33)41(39,40)26-10-5-4-6-11-26/h4-19H,20H2,1-3H3,(H,34,37)(H,35,38). The van der Waals surface area contributed by atoms with Gasteiger partial charge in [0.1, 0.15) is 6.54 Å². The van der Waals surface area contributed by atoms with E-state index in [9.17, 15) is 18.0 Å². The summed E-state index contributed by atoms with van der Waals surface area (Å²) in [5.74, 6) is -0.914. The van der Waals surface area contributed by atoms with Crippen LogP contribution in [0, 0.1) is 0 Å². The van der Waals surface area contributed by atoms with Crippen molar-refractivity contribution in [3.8, 4) is 0 Å². The Kier molecular flexibility index (Phi) is 9.07. The molecule has 0 unspecified atom stereocenters. The smallest absolute Gasteiger partial charge is 0.264 e. The second kappa shape index (κ2) is 12.3. The fourth-order valence-corrected chi connectivity index (χ4v) is 6.05. The molecule has 0 aliphatic carbocycles. The average molecular weight is 611 g/mol. The zero-order valence-electron chi connectivity index (χ0n) is 22.7. The maximum atomic E-state index is 13.6. The summed E-state index contributed by atoms with van der Waals surface area (Å²) in [5.41, 5.74) is 2.51. The molecule has 0 saturated carbocycles. The van der Waals surface area contributed by atoms with Crippen molar-refractivity contribution in [1.29, 1.82) is 0 Å². The zero-order valence-corrected chi connectivity index (χ0v) is 25.0. The van der Waals surface area contributed by atoms with E-state index >= 15 is 0 Å². The topological polar surface area (TPSA) is 95.6 Å². The fourth-order valence-electron chi connectivity index (χ4n) is 4.03. The maximum absolute atomic E-state index is 13.6. The van der Waals surface area contributed by atoms with E-state index in [1.807, 2.05) is 12.1 Å². The lowest BCUT2D eigenvalue weighted by Crippen LogP contribution is -2.38. The number of carbonyl (C=O) groups is 2. The number of hydrogen-bond donors (Lipinski definition) is 2. The van der Waals surface area contributed by atoms with Crippen LogP contribution >= 0.6 is 23.2 Å². The van der Waals surface area contributed by atoms with Gasteiger partial charge in [0.25, 0.3) is 15.9 Å². The maximum Gasteiger partial charge on any atom is 0.264 e. The lowest BCUT2D eigenvalue weighted by molar-refractivity contribution is -0.114. The normalized spacial score (nSPS) is 11.5. The third-order valence-electron chi connectivity index (χ3n) is 6.21. The highest BCUT2D eigenvalue weighted by atomic mass is 35.5. The van der Waals surface area contributed by atoms with Gasteiger partial charge in [0.15, 0.2) is 0 Å². The van der Waals surface area contributed by atoms with Gasteiger partial charge in [-0.25, -0.2) is 8.42 Å². The molecule has 0 aromatic heterocycles. The summed E-state index contributed by atoms with van der Waals surface area (Å²) in [6, 6.07) is 26.1. The van der Waals surface area contributed by atoms with Crippen LogP contribution in [0.2, 0.25) is 10.0 Å². The molecule has 0 bridgehead atoms. The van der Waals surface area contributed by atoms with Gasteiger partial charge in [0.05, 0.1) is 15.6 Å². The van der Waals surface area contributed by atoms with E-state index in [1.54, 1.807) is 54.6 Å². The number of sulfonamides is 1. The second-order valence-electron chi connectivity index (χ2n) is 10.3. The lowest BCUT2D eigenvalue weighted by Gasteiger charge is -2.25. The first kappa shape index (κ1) is 30.1. The summed E-state index contributed by atoms with van der Waals surface area (Å²) < 4.78 is 28.0. The highest BCUT2D eigenvalue weighted by Crippen LogP contribution is 2.33. The van der Waals surface area contributed by atoms with Gasteiger partial charge in [-0.05, 0) is 71.6 Å². The van der Waals surface area contributed by atoms with Gasteiger partial charge < -0.3 is 10.6 Å². The van der Waals surface area contributed by atoms with Crippen molar-refractivity contribution >= 4 is 62.1 Å². The molecule has 10 heteroatoms. The molecule has 4 rings (SSSR count). The number of halogens is 2. The van der Waals surface area contributed by atoms with Crippen molar-refractivity contribution in [1.82, 2.24) is 0 Å². The molecule has 212 valence electrons. The fraction of sp³-hybridized carbons (Fsp3) is 0.161. The van der Waals surface area contributed by atoms with Crippen LogP contribution in [0.15, 0.2) is 102 Å². The number of nitrogens with one attached hydrogen (secondary N) is 2. The average Bonchev–Trinajstić information content (AvgIpc) is 2.92. The SMILES string of the molecule is CC(C)(C)c1ccc(C(=O)Nc2cccc(NC(=O)CN(c3ccc(Cl)cc3Cl)S(=O)(=O)c3ccccc3)c2)cc1. The van der Waals surface area contributed by atoms with Crippen molar-refractivity contribution in [2.75, 3.05) is 21.5 Å². The number of nitrogens with zero attached hydrogens (tertiary/aromatic N) is 1. The molecule has 0 aliphatic heterocycles. The molecular formula is C31H29Cl2N3O4S. The van der Waals surface area contributed by atoms with E-state index < -0.39 is 22.5 Å². The van der Waals surface area contributed by atoms with Crippen LogP contribution in [-0.2, 0) is 20.2 Å². The van der Waals surface area contributed by atoms with Gasteiger partial charge in [0.2, 0.25) is 5.91 Å². The molecule has 0 aliphatic rings. The number of rotatable bonds is 8. The van der Waals surface area contributed by atoms with Crippen molar-refractivity contribution in [3.63, 3.8) is 0 Å². The van der Waals surface area contributed by atoms with Crippen LogP contribution in [0.1, 0.15) is 36.7 Å². The molecule has 2 N–H and O–H groups in total. The number of hydrogen-bond acceptors (Lipinski definition) is 4. The van der Waals surface area contributed by atoms with Gasteiger partial charge in [-0.3, -0.25) is 13.9 Å². The summed E-state index contributed by atoms with van der Waals surface area (Å²) in [4.78, 5) is 26.0. The van der Waals surface area contributed by atoms with Gasteiger partial charge in [-0.1, -0.05) is 80.4 Å². The first-order valence-electron chi connectivity index (χ1n) is 12.7. The van der Waals surface area contributed by atoms with E-state index in [0.29, 0.717) is 22.0 Å². The van der Waals surface area contributed by atoms with Crippen LogP contribution in [0.5, 0.6) is 0 Å². The molecular weight excluding hydrogens is 581 g/mol. The first-order valence-corrected chi connectivity index (χ1v) is 14.9. The van der Waals surface area contributed by atoms with E-state index in [0.717, 1.165) is 9.87 Å². The minimum atomic E-state index is -4.16. The summed E-state index contributed by atoms with van der Waals surface area (Å²) >= 11 is 12.4. The summed E-state index contributed by atoms with van der Waals surface area (Å²) in [7, 11) is -4.16. The zero-order chi connectivity index (χ0) is 29.8. The number of anilines is 3. The number of carbonyl (C=O) groups excluding carboxylic acids is 2. The van der Waals surface area contributed by atoms with E-state index in [-0.39, 0.29) is 26.9 Å². The Morgan fingerprint density at radius 2 is 1.41 bits per heavy atom. The van der Waals surface area contributed by atoms with Gasteiger partial charge in [0, 0.05) is 22.0 Å².